The van der Waals surface area contributed by atoms with Crippen molar-refractivity contribution in [3.05, 3.63) is 52.8 Å². The predicted octanol–water partition coefficient (Wildman–Crippen LogP) is 4.44. The van der Waals surface area contributed by atoms with Crippen molar-refractivity contribution in [2.75, 3.05) is 5.43 Å². The fraction of sp³-hybridized carbons (Fsp3) is 0.353. The van der Waals surface area contributed by atoms with E-state index in [1.54, 1.807) is 0 Å². The summed E-state index contributed by atoms with van der Waals surface area (Å²) in [5.74, 6) is 0. The number of aromatic nitrogens is 1. The van der Waals surface area contributed by atoms with Gasteiger partial charge in [-0.2, -0.15) is 5.10 Å². The third-order valence-corrected chi connectivity index (χ3v) is 3.57. The normalized spacial score (nSPS) is 11.5. The summed E-state index contributed by atoms with van der Waals surface area (Å²) in [5.41, 5.74) is 9.04. The van der Waals surface area contributed by atoms with Crippen LogP contribution in [0, 0.1) is 20.8 Å². The van der Waals surface area contributed by atoms with Crippen LogP contribution in [0.5, 0.6) is 0 Å². The highest BCUT2D eigenvalue weighted by Crippen LogP contribution is 2.19. The minimum Gasteiger partial charge on any atom is -0.346 e. The van der Waals surface area contributed by atoms with E-state index in [1.807, 2.05) is 24.4 Å². The van der Waals surface area contributed by atoms with Crippen LogP contribution in [0.3, 0.4) is 0 Å². The number of aryl methyl sites for hydroxylation is 2. The Labute approximate surface area is 121 Å². The summed E-state index contributed by atoms with van der Waals surface area (Å²) in [5, 5.41) is 4.36. The molecule has 1 heterocycles. The molecule has 1 N–H and O–H groups in total. The van der Waals surface area contributed by atoms with Gasteiger partial charge in [0.25, 0.3) is 0 Å². The van der Waals surface area contributed by atoms with E-state index in [4.69, 9.17) is 0 Å². The molecular formula is C17H23N3. The van der Waals surface area contributed by atoms with Gasteiger partial charge in [-0.25, -0.2) is 0 Å². The minimum atomic E-state index is 0.474. The number of anilines is 1. The van der Waals surface area contributed by atoms with E-state index in [1.165, 1.54) is 17.0 Å². The second-order valence-electron chi connectivity index (χ2n) is 5.48. The van der Waals surface area contributed by atoms with Crippen LogP contribution < -0.4 is 5.43 Å². The highest BCUT2D eigenvalue weighted by atomic mass is 15.3. The first-order valence-electron chi connectivity index (χ1n) is 7.04. The Hall–Kier alpha value is -2.03. The molecule has 0 aliphatic heterocycles. The molecule has 0 amide bonds. The molecule has 0 saturated carbocycles. The molecule has 20 heavy (non-hydrogen) atoms. The molecule has 2 aromatic rings. The summed E-state index contributed by atoms with van der Waals surface area (Å²) in [6.07, 6.45) is 1.90. The van der Waals surface area contributed by atoms with Crippen molar-refractivity contribution >= 4 is 11.9 Å². The summed E-state index contributed by atoms with van der Waals surface area (Å²) in [4.78, 5) is 0. The van der Waals surface area contributed by atoms with Crippen molar-refractivity contribution in [2.45, 2.75) is 40.7 Å². The smallest absolute Gasteiger partial charge is 0.0590 e. The van der Waals surface area contributed by atoms with Crippen molar-refractivity contribution in [1.29, 1.82) is 0 Å². The Morgan fingerprint density at radius 1 is 1.15 bits per heavy atom. The molecule has 0 radical (unpaired) electrons. The molecule has 0 atom stereocenters. The van der Waals surface area contributed by atoms with Gasteiger partial charge in [0.2, 0.25) is 0 Å². The lowest BCUT2D eigenvalue weighted by Gasteiger charge is -2.13. The van der Waals surface area contributed by atoms with E-state index in [9.17, 15) is 0 Å². The lowest BCUT2D eigenvalue weighted by Crippen LogP contribution is -2.05. The zero-order chi connectivity index (χ0) is 14.7. The molecule has 0 fully saturated rings. The molecule has 3 nitrogen and oxygen atoms in total. The molecule has 0 aliphatic rings. The predicted molar refractivity (Wildman–Crippen MR) is 86.7 cm³/mol. The molecule has 1 aromatic carbocycles. The van der Waals surface area contributed by atoms with Gasteiger partial charge in [-0.05, 0) is 52.3 Å². The minimum absolute atomic E-state index is 0.474. The molecule has 106 valence electrons. The number of benzene rings is 1. The van der Waals surface area contributed by atoms with Crippen LogP contribution in [-0.4, -0.2) is 10.8 Å². The molecule has 0 bridgehead atoms. The third kappa shape index (κ3) is 2.93. The Kier molecular flexibility index (Phi) is 4.28. The maximum Gasteiger partial charge on any atom is 0.0590 e. The van der Waals surface area contributed by atoms with Crippen LogP contribution in [0.1, 0.15) is 42.4 Å². The zero-order valence-electron chi connectivity index (χ0n) is 12.9. The SMILES string of the molecule is Cc1ccccc1N/N=C\c1cc(C)n(C(C)C)c1C. The van der Waals surface area contributed by atoms with Crippen LogP contribution in [-0.2, 0) is 0 Å². The molecule has 2 rings (SSSR count). The van der Waals surface area contributed by atoms with Crippen LogP contribution >= 0.6 is 0 Å². The molecule has 0 spiro atoms. The number of para-hydroxylation sites is 1. The van der Waals surface area contributed by atoms with Crippen LogP contribution in [0.25, 0.3) is 0 Å². The molecular weight excluding hydrogens is 246 g/mol. The largest absolute Gasteiger partial charge is 0.346 e. The van der Waals surface area contributed by atoms with Crippen molar-refractivity contribution in [3.63, 3.8) is 0 Å². The summed E-state index contributed by atoms with van der Waals surface area (Å²) in [7, 11) is 0. The maximum atomic E-state index is 4.36. The number of hydrogen-bond acceptors (Lipinski definition) is 2. The lowest BCUT2D eigenvalue weighted by atomic mass is 10.2. The van der Waals surface area contributed by atoms with Crippen molar-refractivity contribution in [1.82, 2.24) is 4.57 Å². The van der Waals surface area contributed by atoms with Gasteiger partial charge in [0.15, 0.2) is 0 Å². The van der Waals surface area contributed by atoms with Gasteiger partial charge in [-0.3, -0.25) is 5.43 Å². The zero-order valence-corrected chi connectivity index (χ0v) is 12.9. The van der Waals surface area contributed by atoms with Gasteiger partial charge in [0.05, 0.1) is 11.9 Å². The lowest BCUT2D eigenvalue weighted by molar-refractivity contribution is 0.574. The highest BCUT2D eigenvalue weighted by molar-refractivity contribution is 5.82. The van der Waals surface area contributed by atoms with Gasteiger partial charge in [0.1, 0.15) is 0 Å². The Bertz CT molecular complexity index is 621. The fourth-order valence-corrected chi connectivity index (χ4v) is 2.60. The van der Waals surface area contributed by atoms with E-state index in [0.29, 0.717) is 6.04 Å². The molecule has 0 unspecified atom stereocenters. The van der Waals surface area contributed by atoms with E-state index in [2.05, 4.69) is 61.8 Å². The first-order valence-corrected chi connectivity index (χ1v) is 7.04. The van der Waals surface area contributed by atoms with Gasteiger partial charge < -0.3 is 4.57 Å². The monoisotopic (exact) mass is 269 g/mol. The topological polar surface area (TPSA) is 29.3 Å². The fourth-order valence-electron chi connectivity index (χ4n) is 2.60. The summed E-state index contributed by atoms with van der Waals surface area (Å²) < 4.78 is 2.33. The van der Waals surface area contributed by atoms with E-state index in [-0.39, 0.29) is 0 Å². The third-order valence-electron chi connectivity index (χ3n) is 3.57. The van der Waals surface area contributed by atoms with E-state index >= 15 is 0 Å². The average Bonchev–Trinajstić information content (AvgIpc) is 2.67. The maximum absolute atomic E-state index is 4.36. The van der Waals surface area contributed by atoms with Gasteiger partial charge in [-0.15, -0.1) is 0 Å². The number of nitrogens with one attached hydrogen (secondary N) is 1. The Balaban J connectivity index is 2.17. The number of hydrogen-bond donors (Lipinski definition) is 1. The van der Waals surface area contributed by atoms with Crippen LogP contribution in [0.2, 0.25) is 0 Å². The van der Waals surface area contributed by atoms with Gasteiger partial charge in [0, 0.05) is 23.0 Å². The van der Waals surface area contributed by atoms with E-state index in [0.717, 1.165) is 11.3 Å². The average molecular weight is 269 g/mol. The quantitative estimate of drug-likeness (QED) is 0.645. The van der Waals surface area contributed by atoms with E-state index < -0.39 is 0 Å². The summed E-state index contributed by atoms with van der Waals surface area (Å²) in [6.45, 7) is 10.8. The summed E-state index contributed by atoms with van der Waals surface area (Å²) >= 11 is 0. The second kappa shape index (κ2) is 5.95. The standard InChI is InChI=1S/C17H23N3/c1-12(2)20-14(4)10-16(15(20)5)11-18-19-17-9-7-6-8-13(17)3/h6-12,19H,1-5H3/b18-11-. The van der Waals surface area contributed by atoms with Crippen molar-refractivity contribution in [3.8, 4) is 0 Å². The first-order chi connectivity index (χ1) is 9.50. The van der Waals surface area contributed by atoms with Crippen molar-refractivity contribution < 1.29 is 0 Å². The Morgan fingerprint density at radius 3 is 2.45 bits per heavy atom. The van der Waals surface area contributed by atoms with Crippen molar-refractivity contribution in [2.24, 2.45) is 5.10 Å². The number of hydrazone groups is 1. The molecule has 1 aromatic heterocycles. The molecule has 0 saturated heterocycles. The summed E-state index contributed by atoms with van der Waals surface area (Å²) in [6, 6.07) is 10.8. The molecule has 3 heteroatoms. The highest BCUT2D eigenvalue weighted by Gasteiger charge is 2.09. The second-order valence-corrected chi connectivity index (χ2v) is 5.48. The van der Waals surface area contributed by atoms with Gasteiger partial charge in [-0.1, -0.05) is 18.2 Å². The van der Waals surface area contributed by atoms with Crippen LogP contribution in [0.4, 0.5) is 5.69 Å². The number of rotatable bonds is 4. The Morgan fingerprint density at radius 2 is 1.85 bits per heavy atom. The van der Waals surface area contributed by atoms with Gasteiger partial charge >= 0.3 is 0 Å². The molecule has 0 aliphatic carbocycles. The van der Waals surface area contributed by atoms with Crippen LogP contribution in [0.15, 0.2) is 35.4 Å². The first kappa shape index (κ1) is 14.4. The number of nitrogens with zero attached hydrogens (tertiary/aromatic N) is 2.